The van der Waals surface area contributed by atoms with E-state index in [1.807, 2.05) is 18.2 Å². The highest BCUT2D eigenvalue weighted by Crippen LogP contribution is 2.26. The van der Waals surface area contributed by atoms with E-state index in [-0.39, 0.29) is 11.5 Å². The van der Waals surface area contributed by atoms with Crippen molar-refractivity contribution in [2.75, 3.05) is 0 Å². The lowest BCUT2D eigenvalue weighted by Crippen LogP contribution is -2.10. The van der Waals surface area contributed by atoms with Crippen molar-refractivity contribution in [3.63, 3.8) is 0 Å². The molecule has 17 heavy (non-hydrogen) atoms. The summed E-state index contributed by atoms with van der Waals surface area (Å²) in [6.45, 7) is 6.24. The monoisotopic (exact) mass is 313 g/mol. The fraction of sp³-hybridized carbons (Fsp3) is 0.429. The van der Waals surface area contributed by atoms with Gasteiger partial charge in [-0.05, 0) is 44.5 Å². The molecule has 2 N–H and O–H groups in total. The lowest BCUT2D eigenvalue weighted by atomic mass is 9.97. The van der Waals surface area contributed by atoms with Crippen molar-refractivity contribution in [3.05, 3.63) is 33.3 Å². The van der Waals surface area contributed by atoms with Crippen molar-refractivity contribution < 1.29 is 0 Å². The molecule has 0 saturated heterocycles. The average Bonchev–Trinajstić information content (AvgIpc) is 2.19. The molecule has 0 aromatic heterocycles. The van der Waals surface area contributed by atoms with Crippen molar-refractivity contribution in [2.24, 2.45) is 11.1 Å². The minimum absolute atomic E-state index is 0.0147. The van der Waals surface area contributed by atoms with Crippen LogP contribution in [-0.4, -0.2) is 0 Å². The Kier molecular flexibility index (Phi) is 5.06. The number of rotatable bonds is 2. The summed E-state index contributed by atoms with van der Waals surface area (Å²) in [6.07, 6.45) is 0.618. The van der Waals surface area contributed by atoms with Crippen LogP contribution in [0.1, 0.15) is 38.8 Å². The predicted molar refractivity (Wildman–Crippen MR) is 77.9 cm³/mol. The molecule has 0 fully saturated rings. The van der Waals surface area contributed by atoms with E-state index in [1.165, 1.54) is 0 Å². The van der Waals surface area contributed by atoms with Gasteiger partial charge in [0.2, 0.25) is 0 Å². The molecular weight excluding hydrogens is 298 g/mol. The Bertz CT molecular complexity index is 452. The highest BCUT2D eigenvalue weighted by molar-refractivity contribution is 9.10. The van der Waals surface area contributed by atoms with E-state index in [0.717, 1.165) is 10.0 Å². The summed E-state index contributed by atoms with van der Waals surface area (Å²) in [6, 6.07) is 5.55. The third kappa shape index (κ3) is 5.12. The third-order valence-corrected chi connectivity index (χ3v) is 2.98. The Balaban J connectivity index is 2.79. The second kappa shape index (κ2) is 5.91. The standard InChI is InChI=1S/C14H17BrClN/c1-14(2,3)8-4-5-13(17)11-9-10(15)6-7-12(11)16/h6-7,9,13H,5,17H2,1-3H3. The molecule has 92 valence electrons. The van der Waals surface area contributed by atoms with Gasteiger partial charge in [-0.25, -0.2) is 0 Å². The van der Waals surface area contributed by atoms with Gasteiger partial charge in [0.15, 0.2) is 0 Å². The van der Waals surface area contributed by atoms with Gasteiger partial charge in [-0.3, -0.25) is 0 Å². The highest BCUT2D eigenvalue weighted by Gasteiger charge is 2.10. The minimum Gasteiger partial charge on any atom is -0.323 e. The van der Waals surface area contributed by atoms with Crippen molar-refractivity contribution in [1.29, 1.82) is 0 Å². The summed E-state index contributed by atoms with van der Waals surface area (Å²) in [4.78, 5) is 0. The molecule has 0 amide bonds. The lowest BCUT2D eigenvalue weighted by Gasteiger charge is -2.12. The molecule has 0 aliphatic heterocycles. The Morgan fingerprint density at radius 1 is 1.41 bits per heavy atom. The van der Waals surface area contributed by atoms with Crippen molar-refractivity contribution in [2.45, 2.75) is 33.2 Å². The van der Waals surface area contributed by atoms with Gasteiger partial charge in [0.1, 0.15) is 0 Å². The quantitative estimate of drug-likeness (QED) is 0.797. The number of benzene rings is 1. The third-order valence-electron chi connectivity index (χ3n) is 2.14. The molecule has 1 aromatic carbocycles. The summed E-state index contributed by atoms with van der Waals surface area (Å²) in [5, 5.41) is 0.693. The zero-order valence-corrected chi connectivity index (χ0v) is 12.7. The van der Waals surface area contributed by atoms with Crippen LogP contribution in [-0.2, 0) is 0 Å². The second-order valence-electron chi connectivity index (χ2n) is 5.03. The minimum atomic E-state index is -0.144. The fourth-order valence-corrected chi connectivity index (χ4v) is 1.97. The molecule has 0 radical (unpaired) electrons. The first-order valence-corrected chi connectivity index (χ1v) is 6.67. The van der Waals surface area contributed by atoms with E-state index in [4.69, 9.17) is 17.3 Å². The Morgan fingerprint density at radius 2 is 2.06 bits per heavy atom. The summed E-state index contributed by atoms with van der Waals surface area (Å²) < 4.78 is 0.983. The van der Waals surface area contributed by atoms with Crippen molar-refractivity contribution in [3.8, 4) is 11.8 Å². The zero-order valence-electron chi connectivity index (χ0n) is 10.3. The molecule has 3 heteroatoms. The molecule has 1 aromatic rings. The van der Waals surface area contributed by atoms with E-state index in [2.05, 4.69) is 48.5 Å². The zero-order chi connectivity index (χ0) is 13.1. The van der Waals surface area contributed by atoms with E-state index < -0.39 is 0 Å². The molecule has 0 spiro atoms. The van der Waals surface area contributed by atoms with Gasteiger partial charge in [0.05, 0.1) is 0 Å². The predicted octanol–water partition coefficient (Wildman–Crippen LogP) is 4.54. The van der Waals surface area contributed by atoms with E-state index >= 15 is 0 Å². The Labute approximate surface area is 117 Å². The van der Waals surface area contributed by atoms with Gasteiger partial charge < -0.3 is 5.73 Å². The lowest BCUT2D eigenvalue weighted by molar-refractivity contribution is 0.569. The summed E-state index contributed by atoms with van der Waals surface area (Å²) in [5.41, 5.74) is 7.04. The van der Waals surface area contributed by atoms with Gasteiger partial charge in [-0.15, -0.1) is 5.92 Å². The SMILES string of the molecule is CC(C)(C)C#CCC(N)c1cc(Br)ccc1Cl. The van der Waals surface area contributed by atoms with Crippen LogP contribution in [0.5, 0.6) is 0 Å². The second-order valence-corrected chi connectivity index (χ2v) is 6.35. The molecule has 0 bridgehead atoms. The highest BCUT2D eigenvalue weighted by atomic mass is 79.9. The average molecular weight is 315 g/mol. The summed E-state index contributed by atoms with van der Waals surface area (Å²) in [5.74, 6) is 6.29. The van der Waals surface area contributed by atoms with Gasteiger partial charge in [-0.2, -0.15) is 0 Å². The summed E-state index contributed by atoms with van der Waals surface area (Å²) in [7, 11) is 0. The van der Waals surface area contributed by atoms with Gasteiger partial charge in [0.25, 0.3) is 0 Å². The number of hydrogen-bond donors (Lipinski definition) is 1. The molecule has 0 aliphatic carbocycles. The fourth-order valence-electron chi connectivity index (χ4n) is 1.33. The molecule has 1 nitrogen and oxygen atoms in total. The smallest absolute Gasteiger partial charge is 0.0454 e. The number of halogens is 2. The Hall–Kier alpha value is -0.490. The van der Waals surface area contributed by atoms with Gasteiger partial charge >= 0.3 is 0 Å². The maximum Gasteiger partial charge on any atom is 0.0454 e. The Morgan fingerprint density at radius 3 is 2.65 bits per heavy atom. The van der Waals surface area contributed by atoms with Crippen LogP contribution in [0.2, 0.25) is 5.02 Å². The molecule has 0 aliphatic rings. The first-order valence-electron chi connectivity index (χ1n) is 5.50. The first-order chi connectivity index (χ1) is 7.79. The van der Waals surface area contributed by atoms with Crippen LogP contribution in [0.15, 0.2) is 22.7 Å². The van der Waals surface area contributed by atoms with E-state index in [1.54, 1.807) is 0 Å². The molecule has 0 saturated carbocycles. The van der Waals surface area contributed by atoms with Crippen LogP contribution >= 0.6 is 27.5 Å². The number of nitrogens with two attached hydrogens (primary N) is 1. The molecule has 0 heterocycles. The van der Waals surface area contributed by atoms with E-state index in [9.17, 15) is 0 Å². The largest absolute Gasteiger partial charge is 0.323 e. The van der Waals surface area contributed by atoms with Crippen LogP contribution < -0.4 is 5.73 Å². The van der Waals surface area contributed by atoms with Gasteiger partial charge in [-0.1, -0.05) is 33.5 Å². The molecular formula is C14H17BrClN. The van der Waals surface area contributed by atoms with Crippen LogP contribution in [0.3, 0.4) is 0 Å². The van der Waals surface area contributed by atoms with E-state index in [0.29, 0.717) is 11.4 Å². The van der Waals surface area contributed by atoms with Crippen molar-refractivity contribution in [1.82, 2.24) is 0 Å². The van der Waals surface area contributed by atoms with Gasteiger partial charge in [0, 0.05) is 27.4 Å². The molecule has 1 atom stereocenters. The molecule has 1 unspecified atom stereocenters. The first kappa shape index (κ1) is 14.6. The molecule has 1 rings (SSSR count). The normalized spacial score (nSPS) is 12.8. The number of hydrogen-bond acceptors (Lipinski definition) is 1. The maximum absolute atomic E-state index is 6.11. The topological polar surface area (TPSA) is 26.0 Å². The summed E-state index contributed by atoms with van der Waals surface area (Å²) >= 11 is 9.53. The van der Waals surface area contributed by atoms with Crippen LogP contribution in [0.4, 0.5) is 0 Å². The van der Waals surface area contributed by atoms with Crippen LogP contribution in [0, 0.1) is 17.3 Å². The van der Waals surface area contributed by atoms with Crippen LogP contribution in [0.25, 0.3) is 0 Å². The van der Waals surface area contributed by atoms with Crippen molar-refractivity contribution >= 4 is 27.5 Å². The maximum atomic E-state index is 6.11.